The molecule has 0 aliphatic heterocycles. The normalized spacial score (nSPS) is 12.1. The van der Waals surface area contributed by atoms with Crippen LogP contribution in [0.3, 0.4) is 0 Å². The van der Waals surface area contributed by atoms with Gasteiger partial charge in [-0.25, -0.2) is 4.98 Å². The van der Waals surface area contributed by atoms with Crippen molar-refractivity contribution in [2.24, 2.45) is 0 Å². The van der Waals surface area contributed by atoms with Gasteiger partial charge in [-0.05, 0) is 12.5 Å². The minimum atomic E-state index is -0.402. The molecule has 6 nitrogen and oxygen atoms in total. The van der Waals surface area contributed by atoms with Crippen molar-refractivity contribution in [2.45, 2.75) is 25.9 Å². The highest BCUT2D eigenvalue weighted by Gasteiger charge is 2.15. The summed E-state index contributed by atoms with van der Waals surface area (Å²) in [4.78, 5) is 14.8. The molecule has 7 heteroatoms. The van der Waals surface area contributed by atoms with Crippen LogP contribution in [0.25, 0.3) is 0 Å². The smallest absolute Gasteiger partial charge is 0.270 e. The fraction of sp³-hybridized carbons (Fsp3) is 0.357. The molecule has 0 saturated carbocycles. The first-order valence-corrected chi connectivity index (χ1v) is 7.47. The number of ether oxygens (including phenoxy) is 1. The summed E-state index contributed by atoms with van der Waals surface area (Å²) in [6.45, 7) is 2.56. The van der Waals surface area contributed by atoms with E-state index in [-0.39, 0.29) is 11.7 Å². The summed E-state index contributed by atoms with van der Waals surface area (Å²) in [5.41, 5.74) is 0.830. The molecule has 112 valence electrons. The van der Waals surface area contributed by atoms with Gasteiger partial charge >= 0.3 is 0 Å². The largest absolute Gasteiger partial charge is 0.496 e. The summed E-state index contributed by atoms with van der Waals surface area (Å²) in [5, 5.41) is 17.2. The van der Waals surface area contributed by atoms with Gasteiger partial charge in [0.05, 0.1) is 18.1 Å². The maximum Gasteiger partial charge on any atom is 0.270 e. The molecule has 1 heterocycles. The Morgan fingerprint density at radius 3 is 2.90 bits per heavy atom. The minimum Gasteiger partial charge on any atom is -0.496 e. The molecule has 0 spiro atoms. The number of rotatable bonds is 7. The summed E-state index contributed by atoms with van der Waals surface area (Å²) in [6.07, 6.45) is 2.67. The second-order valence-corrected chi connectivity index (χ2v) is 5.39. The Labute approximate surface area is 126 Å². The minimum absolute atomic E-state index is 0.0647. The van der Waals surface area contributed by atoms with Gasteiger partial charge in [-0.2, -0.15) is 0 Å². The molecule has 0 radical (unpaired) electrons. The second-order valence-electron chi connectivity index (χ2n) is 4.47. The van der Waals surface area contributed by atoms with E-state index >= 15 is 0 Å². The fourth-order valence-corrected chi connectivity index (χ4v) is 2.86. The van der Waals surface area contributed by atoms with Gasteiger partial charge in [-0.15, -0.1) is 11.3 Å². The van der Waals surface area contributed by atoms with E-state index in [9.17, 15) is 10.1 Å². The Bertz CT molecular complexity index is 602. The average molecular weight is 307 g/mol. The first kappa shape index (κ1) is 15.4. The van der Waals surface area contributed by atoms with Crippen molar-refractivity contribution in [1.29, 1.82) is 0 Å². The predicted molar refractivity (Wildman–Crippen MR) is 81.6 cm³/mol. The molecule has 0 fully saturated rings. The van der Waals surface area contributed by atoms with Gasteiger partial charge in [-0.1, -0.05) is 6.92 Å². The molecule has 0 saturated heterocycles. The SMILES string of the molecule is CCC(NCc1cc([N+](=O)[O-])ccc1OC)c1nccs1. The lowest BCUT2D eigenvalue weighted by atomic mass is 10.1. The van der Waals surface area contributed by atoms with Crippen molar-refractivity contribution in [3.63, 3.8) is 0 Å². The van der Waals surface area contributed by atoms with E-state index in [4.69, 9.17) is 4.74 Å². The molecule has 21 heavy (non-hydrogen) atoms. The molecule has 2 aromatic rings. The topological polar surface area (TPSA) is 77.3 Å². The number of aromatic nitrogens is 1. The number of non-ortho nitro benzene ring substituents is 1. The molecule has 1 N–H and O–H groups in total. The third-order valence-corrected chi connectivity index (χ3v) is 4.06. The van der Waals surface area contributed by atoms with Crippen LogP contribution < -0.4 is 10.1 Å². The van der Waals surface area contributed by atoms with E-state index in [1.807, 2.05) is 5.38 Å². The third kappa shape index (κ3) is 3.77. The fourth-order valence-electron chi connectivity index (χ4n) is 2.06. The van der Waals surface area contributed by atoms with Crippen LogP contribution in [0.15, 0.2) is 29.8 Å². The van der Waals surface area contributed by atoms with Gasteiger partial charge in [-0.3, -0.25) is 10.1 Å². The molecule has 1 unspecified atom stereocenters. The lowest BCUT2D eigenvalue weighted by Gasteiger charge is -2.15. The zero-order chi connectivity index (χ0) is 15.2. The molecular formula is C14H17N3O3S. The van der Waals surface area contributed by atoms with Gasteiger partial charge in [0.25, 0.3) is 5.69 Å². The van der Waals surface area contributed by atoms with Crippen molar-refractivity contribution >= 4 is 17.0 Å². The monoisotopic (exact) mass is 307 g/mol. The molecule has 0 aliphatic carbocycles. The maximum absolute atomic E-state index is 10.9. The van der Waals surface area contributed by atoms with Gasteiger partial charge in [0, 0.05) is 35.8 Å². The van der Waals surface area contributed by atoms with Gasteiger partial charge in [0.15, 0.2) is 0 Å². The van der Waals surface area contributed by atoms with Crippen LogP contribution in [-0.4, -0.2) is 17.0 Å². The van der Waals surface area contributed by atoms with Gasteiger partial charge in [0.2, 0.25) is 0 Å². The number of nitro benzene ring substituents is 1. The van der Waals surface area contributed by atoms with E-state index in [1.165, 1.54) is 6.07 Å². The third-order valence-electron chi connectivity index (χ3n) is 3.17. The summed E-state index contributed by atoms with van der Waals surface area (Å²) < 4.78 is 5.26. The van der Waals surface area contributed by atoms with Crippen molar-refractivity contribution in [1.82, 2.24) is 10.3 Å². The van der Waals surface area contributed by atoms with E-state index in [0.717, 1.165) is 17.0 Å². The van der Waals surface area contributed by atoms with Crippen LogP contribution >= 0.6 is 11.3 Å². The Kier molecular flexibility index (Phi) is 5.24. The Hall–Kier alpha value is -1.99. The zero-order valence-electron chi connectivity index (χ0n) is 11.9. The summed E-state index contributed by atoms with van der Waals surface area (Å²) in [7, 11) is 1.56. The molecule has 1 aromatic heterocycles. The zero-order valence-corrected chi connectivity index (χ0v) is 12.7. The number of thiazole rings is 1. The first-order chi connectivity index (χ1) is 10.2. The summed E-state index contributed by atoms with van der Waals surface area (Å²) in [6, 6.07) is 4.74. The highest BCUT2D eigenvalue weighted by molar-refractivity contribution is 7.09. The van der Waals surface area contributed by atoms with Crippen LogP contribution in [0.1, 0.15) is 30.0 Å². The van der Waals surface area contributed by atoms with Crippen molar-refractivity contribution in [3.05, 3.63) is 50.5 Å². The number of nitro groups is 1. The molecule has 0 bridgehead atoms. The van der Waals surface area contributed by atoms with Crippen LogP contribution in [0.4, 0.5) is 5.69 Å². The lowest BCUT2D eigenvalue weighted by molar-refractivity contribution is -0.384. The van der Waals surface area contributed by atoms with Crippen molar-refractivity contribution in [3.8, 4) is 5.75 Å². The number of benzene rings is 1. The van der Waals surface area contributed by atoms with Gasteiger partial charge < -0.3 is 10.1 Å². The van der Waals surface area contributed by atoms with E-state index < -0.39 is 4.92 Å². The molecule has 0 amide bonds. The quantitative estimate of drug-likeness (QED) is 0.627. The molecule has 2 rings (SSSR count). The van der Waals surface area contributed by atoms with E-state index in [2.05, 4.69) is 17.2 Å². The molecule has 0 aliphatic rings. The van der Waals surface area contributed by atoms with Crippen LogP contribution in [-0.2, 0) is 6.54 Å². The van der Waals surface area contributed by atoms with Crippen molar-refractivity contribution < 1.29 is 9.66 Å². The Balaban J connectivity index is 2.14. The lowest BCUT2D eigenvalue weighted by Crippen LogP contribution is -2.20. The van der Waals surface area contributed by atoms with Crippen LogP contribution in [0.5, 0.6) is 5.75 Å². The van der Waals surface area contributed by atoms with Crippen molar-refractivity contribution in [2.75, 3.05) is 7.11 Å². The number of methoxy groups -OCH3 is 1. The standard InChI is InChI=1S/C14H17N3O3S/c1-3-12(14-15-6-7-21-14)16-9-10-8-11(17(18)19)4-5-13(10)20-2/h4-8,12,16H,3,9H2,1-2H3. The molecular weight excluding hydrogens is 290 g/mol. The first-order valence-electron chi connectivity index (χ1n) is 6.59. The van der Waals surface area contributed by atoms with Crippen LogP contribution in [0, 0.1) is 10.1 Å². The highest BCUT2D eigenvalue weighted by atomic mass is 32.1. The summed E-state index contributed by atoms with van der Waals surface area (Å²) in [5.74, 6) is 0.641. The highest BCUT2D eigenvalue weighted by Crippen LogP contribution is 2.25. The molecule has 1 aromatic carbocycles. The molecule has 1 atom stereocenters. The number of hydrogen-bond acceptors (Lipinski definition) is 6. The maximum atomic E-state index is 10.9. The van der Waals surface area contributed by atoms with E-state index in [0.29, 0.717) is 12.3 Å². The number of nitrogens with one attached hydrogen (secondary N) is 1. The number of hydrogen-bond donors (Lipinski definition) is 1. The number of nitrogens with zero attached hydrogens (tertiary/aromatic N) is 2. The van der Waals surface area contributed by atoms with Crippen LogP contribution in [0.2, 0.25) is 0 Å². The Morgan fingerprint density at radius 2 is 2.33 bits per heavy atom. The van der Waals surface area contributed by atoms with Gasteiger partial charge in [0.1, 0.15) is 10.8 Å². The second kappa shape index (κ2) is 7.14. The summed E-state index contributed by atoms with van der Waals surface area (Å²) >= 11 is 1.60. The Morgan fingerprint density at radius 1 is 1.52 bits per heavy atom. The van der Waals surface area contributed by atoms with E-state index in [1.54, 1.807) is 36.8 Å². The average Bonchev–Trinajstić information content (AvgIpc) is 3.02. The predicted octanol–water partition coefficient (Wildman–Crippen LogP) is 3.30.